The maximum absolute atomic E-state index is 10.1. The van der Waals surface area contributed by atoms with E-state index in [1.165, 1.54) is 0 Å². The molecule has 1 fully saturated rings. The summed E-state index contributed by atoms with van der Waals surface area (Å²) in [7, 11) is 0. The molecule has 1 aliphatic heterocycles. The molecule has 0 spiro atoms. The summed E-state index contributed by atoms with van der Waals surface area (Å²) < 4.78 is 1.96. The van der Waals surface area contributed by atoms with Gasteiger partial charge >= 0.3 is 0 Å². The minimum Gasteiger partial charge on any atom is -0.389 e. The number of nitrogens with zero attached hydrogens (tertiary/aromatic N) is 3. The molecule has 4 heteroatoms. The quantitative estimate of drug-likeness (QED) is 0.827. The molecule has 2 heterocycles. The number of aromatic nitrogens is 2. The maximum Gasteiger partial charge on any atom is 0.0783 e. The molecule has 1 aliphatic rings. The Kier molecular flexibility index (Phi) is 3.30. The van der Waals surface area contributed by atoms with Gasteiger partial charge in [-0.25, -0.2) is 0 Å². The van der Waals surface area contributed by atoms with E-state index in [1.807, 2.05) is 30.1 Å². The van der Waals surface area contributed by atoms with Crippen LogP contribution >= 0.6 is 0 Å². The van der Waals surface area contributed by atoms with Gasteiger partial charge in [0.15, 0.2) is 0 Å². The lowest BCUT2D eigenvalue weighted by Crippen LogP contribution is -2.33. The van der Waals surface area contributed by atoms with E-state index >= 15 is 0 Å². The van der Waals surface area contributed by atoms with Gasteiger partial charge < -0.3 is 10.0 Å². The van der Waals surface area contributed by atoms with Crippen molar-refractivity contribution in [2.24, 2.45) is 5.92 Å². The van der Waals surface area contributed by atoms with E-state index in [9.17, 15) is 5.11 Å². The summed E-state index contributed by atoms with van der Waals surface area (Å²) in [5.74, 6) is 0.372. The normalized spacial score (nSPS) is 31.1. The minimum absolute atomic E-state index is 0.372. The second-order valence-electron chi connectivity index (χ2n) is 5.12. The number of aliphatic hydroxyl groups is 1. The number of rotatable bonds is 4. The highest BCUT2D eigenvalue weighted by atomic mass is 16.3. The largest absolute Gasteiger partial charge is 0.389 e. The average molecular weight is 223 g/mol. The monoisotopic (exact) mass is 223 g/mol. The second kappa shape index (κ2) is 4.55. The summed E-state index contributed by atoms with van der Waals surface area (Å²) in [6.07, 6.45) is 4.88. The Morgan fingerprint density at radius 3 is 2.88 bits per heavy atom. The highest BCUT2D eigenvalue weighted by Gasteiger charge is 2.37. The number of β-amino-alcohol motifs (C(OH)–C–C–N with tert-alkyl or cyclic N) is 1. The standard InChI is InChI=1S/C12H21N3O/c1-11-9-14(10-12(11,2)16)6-4-8-15-7-3-5-13-15/h3,5,7,11,16H,4,6,8-10H2,1-2H3/t11-,12+/m1/s1. The van der Waals surface area contributed by atoms with Crippen molar-refractivity contribution in [3.63, 3.8) is 0 Å². The van der Waals surface area contributed by atoms with Gasteiger partial charge in [-0.2, -0.15) is 5.10 Å². The summed E-state index contributed by atoms with van der Waals surface area (Å²) in [4.78, 5) is 2.34. The molecule has 2 atom stereocenters. The van der Waals surface area contributed by atoms with Crippen molar-refractivity contribution >= 4 is 0 Å². The molecular weight excluding hydrogens is 202 g/mol. The Bertz CT molecular complexity index is 321. The maximum atomic E-state index is 10.1. The van der Waals surface area contributed by atoms with Crippen molar-refractivity contribution in [1.82, 2.24) is 14.7 Å². The molecule has 0 aromatic carbocycles. The van der Waals surface area contributed by atoms with Gasteiger partial charge in [-0.3, -0.25) is 4.68 Å². The van der Waals surface area contributed by atoms with Crippen LogP contribution in [0.1, 0.15) is 20.3 Å². The summed E-state index contributed by atoms with van der Waals surface area (Å²) in [6.45, 7) is 7.86. The Hall–Kier alpha value is -0.870. The van der Waals surface area contributed by atoms with Gasteiger partial charge in [-0.05, 0) is 25.3 Å². The molecule has 0 unspecified atom stereocenters. The number of likely N-dealkylation sites (tertiary alicyclic amines) is 1. The zero-order chi connectivity index (χ0) is 11.6. The van der Waals surface area contributed by atoms with Crippen LogP contribution in [0.15, 0.2) is 18.5 Å². The molecule has 90 valence electrons. The van der Waals surface area contributed by atoms with Crippen molar-refractivity contribution in [2.75, 3.05) is 19.6 Å². The van der Waals surface area contributed by atoms with Gasteiger partial charge in [0.05, 0.1) is 5.60 Å². The number of aryl methyl sites for hydroxylation is 1. The fourth-order valence-electron chi connectivity index (χ4n) is 2.32. The molecule has 4 nitrogen and oxygen atoms in total. The first-order chi connectivity index (χ1) is 7.58. The van der Waals surface area contributed by atoms with Crippen LogP contribution in [-0.2, 0) is 6.54 Å². The molecule has 0 amide bonds. The highest BCUT2D eigenvalue weighted by molar-refractivity contribution is 4.91. The lowest BCUT2D eigenvalue weighted by molar-refractivity contribution is 0.0367. The molecule has 0 aliphatic carbocycles. The molecule has 0 radical (unpaired) electrons. The van der Waals surface area contributed by atoms with Crippen LogP contribution in [0.4, 0.5) is 0 Å². The molecule has 1 saturated heterocycles. The number of hydrogen-bond acceptors (Lipinski definition) is 3. The predicted octanol–water partition coefficient (Wildman–Crippen LogP) is 0.976. The zero-order valence-electron chi connectivity index (χ0n) is 10.1. The van der Waals surface area contributed by atoms with E-state index < -0.39 is 5.60 Å². The second-order valence-corrected chi connectivity index (χ2v) is 5.12. The van der Waals surface area contributed by atoms with Crippen molar-refractivity contribution in [3.05, 3.63) is 18.5 Å². The van der Waals surface area contributed by atoms with E-state index in [-0.39, 0.29) is 0 Å². The molecule has 0 bridgehead atoms. The SMILES string of the molecule is C[C@@H]1CN(CCCn2cccn2)C[C@]1(C)O. The third-order valence-electron chi connectivity index (χ3n) is 3.56. The summed E-state index contributed by atoms with van der Waals surface area (Å²) >= 11 is 0. The predicted molar refractivity (Wildman–Crippen MR) is 63.1 cm³/mol. The molecule has 1 N–H and O–H groups in total. The topological polar surface area (TPSA) is 41.3 Å². The fourth-order valence-corrected chi connectivity index (χ4v) is 2.32. The van der Waals surface area contributed by atoms with E-state index in [1.54, 1.807) is 0 Å². The first kappa shape index (κ1) is 11.6. The lowest BCUT2D eigenvalue weighted by Gasteiger charge is -2.20. The van der Waals surface area contributed by atoms with Crippen LogP contribution in [-0.4, -0.2) is 45.0 Å². The first-order valence-corrected chi connectivity index (χ1v) is 6.00. The Morgan fingerprint density at radius 2 is 2.31 bits per heavy atom. The minimum atomic E-state index is -0.508. The Labute approximate surface area is 96.9 Å². The Balaban J connectivity index is 1.72. The Morgan fingerprint density at radius 1 is 1.50 bits per heavy atom. The molecule has 0 saturated carbocycles. The smallest absolute Gasteiger partial charge is 0.0783 e. The van der Waals surface area contributed by atoms with Crippen molar-refractivity contribution in [3.8, 4) is 0 Å². The summed E-state index contributed by atoms with van der Waals surface area (Å²) in [5.41, 5.74) is -0.508. The van der Waals surface area contributed by atoms with Gasteiger partial charge in [-0.1, -0.05) is 6.92 Å². The van der Waals surface area contributed by atoms with E-state index in [4.69, 9.17) is 0 Å². The summed E-state index contributed by atoms with van der Waals surface area (Å²) in [5, 5.41) is 14.2. The third kappa shape index (κ3) is 2.62. The molecule has 2 rings (SSSR count). The van der Waals surface area contributed by atoms with Gasteiger partial charge in [0.2, 0.25) is 0 Å². The highest BCUT2D eigenvalue weighted by Crippen LogP contribution is 2.26. The number of hydrogen-bond donors (Lipinski definition) is 1. The van der Waals surface area contributed by atoms with Crippen molar-refractivity contribution in [1.29, 1.82) is 0 Å². The average Bonchev–Trinajstić information content (AvgIpc) is 2.76. The first-order valence-electron chi connectivity index (χ1n) is 6.00. The van der Waals surface area contributed by atoms with Crippen molar-refractivity contribution in [2.45, 2.75) is 32.4 Å². The summed E-state index contributed by atoms with van der Waals surface area (Å²) in [6, 6.07) is 1.95. The fraction of sp³-hybridized carbons (Fsp3) is 0.750. The van der Waals surface area contributed by atoms with Crippen LogP contribution in [0, 0.1) is 5.92 Å². The molecule has 1 aromatic heterocycles. The van der Waals surface area contributed by atoms with Crippen LogP contribution in [0.2, 0.25) is 0 Å². The zero-order valence-corrected chi connectivity index (χ0v) is 10.1. The molecular formula is C12H21N3O. The third-order valence-corrected chi connectivity index (χ3v) is 3.56. The molecule has 16 heavy (non-hydrogen) atoms. The van der Waals surface area contributed by atoms with Gasteiger partial charge in [0.1, 0.15) is 0 Å². The van der Waals surface area contributed by atoms with Crippen LogP contribution in [0.25, 0.3) is 0 Å². The van der Waals surface area contributed by atoms with Crippen LogP contribution in [0.5, 0.6) is 0 Å². The van der Waals surface area contributed by atoms with Crippen LogP contribution < -0.4 is 0 Å². The van der Waals surface area contributed by atoms with Crippen molar-refractivity contribution < 1.29 is 5.11 Å². The van der Waals surface area contributed by atoms with Gasteiger partial charge in [0.25, 0.3) is 0 Å². The lowest BCUT2D eigenvalue weighted by atomic mass is 9.95. The van der Waals surface area contributed by atoms with E-state index in [0.29, 0.717) is 5.92 Å². The van der Waals surface area contributed by atoms with E-state index in [0.717, 1.165) is 32.6 Å². The van der Waals surface area contributed by atoms with Gasteiger partial charge in [-0.15, -0.1) is 0 Å². The van der Waals surface area contributed by atoms with Crippen LogP contribution in [0.3, 0.4) is 0 Å². The van der Waals surface area contributed by atoms with Gasteiger partial charge in [0, 0.05) is 38.6 Å². The van der Waals surface area contributed by atoms with E-state index in [2.05, 4.69) is 16.9 Å². The molecule has 1 aromatic rings.